The minimum atomic E-state index is -0.472. The van der Waals surface area contributed by atoms with Gasteiger partial charge in [-0.1, -0.05) is 36.4 Å². The number of Topliss-reactive ketones (excluding diaryl/α,β-unsaturated/α-hetero) is 1. The van der Waals surface area contributed by atoms with Crippen molar-refractivity contribution in [2.45, 2.75) is 6.42 Å². The number of nitrogens with zero attached hydrogens (tertiary/aromatic N) is 1. The van der Waals surface area contributed by atoms with Crippen LogP contribution in [0.4, 0.5) is 0 Å². The molecule has 0 aromatic heterocycles. The van der Waals surface area contributed by atoms with Crippen LogP contribution in [0.2, 0.25) is 0 Å². The zero-order valence-corrected chi connectivity index (χ0v) is 13.4. The maximum absolute atomic E-state index is 11.0. The smallest absolute Gasteiger partial charge is 0.242 e. The molecule has 0 aliphatic carbocycles. The molecule has 1 aromatic rings. The first kappa shape index (κ1) is 19.5. The summed E-state index contributed by atoms with van der Waals surface area (Å²) in [5.41, 5.74) is 2.99. The van der Waals surface area contributed by atoms with Gasteiger partial charge in [-0.15, -0.1) is 6.58 Å². The van der Waals surface area contributed by atoms with Gasteiger partial charge in [0.25, 0.3) is 0 Å². The average Bonchev–Trinajstić information content (AvgIpc) is 2.54. The molecule has 0 fully saturated rings. The van der Waals surface area contributed by atoms with Gasteiger partial charge in [-0.05, 0) is 12.2 Å². The second-order valence-corrected chi connectivity index (χ2v) is 4.38. The van der Waals surface area contributed by atoms with Crippen LogP contribution in [-0.4, -0.2) is 42.2 Å². The molecule has 0 aliphatic rings. The molecule has 7 heteroatoms. The second-order valence-electron chi connectivity index (χ2n) is 3.99. The van der Waals surface area contributed by atoms with Crippen molar-refractivity contribution in [1.82, 2.24) is 15.8 Å². The summed E-state index contributed by atoms with van der Waals surface area (Å²) in [7, 11) is 3.36. The molecular formula is C15H19N3O3S. The van der Waals surface area contributed by atoms with Crippen LogP contribution < -0.4 is 10.7 Å². The number of ketones is 1. The fourth-order valence-corrected chi connectivity index (χ4v) is 1.30. The highest BCUT2D eigenvalue weighted by Crippen LogP contribution is 1.96. The summed E-state index contributed by atoms with van der Waals surface area (Å²) in [6.07, 6.45) is 2.14. The Labute approximate surface area is 135 Å². The minimum absolute atomic E-state index is 0.134. The van der Waals surface area contributed by atoms with Crippen LogP contribution in [0.25, 0.3) is 0 Å². The fourth-order valence-electron chi connectivity index (χ4n) is 1.25. The molecule has 22 heavy (non-hydrogen) atoms. The molecule has 0 saturated carbocycles. The molecule has 118 valence electrons. The van der Waals surface area contributed by atoms with Crippen LogP contribution >= 0.6 is 12.2 Å². The van der Waals surface area contributed by atoms with Crippen molar-refractivity contribution in [3.05, 3.63) is 48.6 Å². The highest BCUT2D eigenvalue weighted by molar-refractivity contribution is 7.80. The quantitative estimate of drug-likeness (QED) is 0.216. The largest absolute Gasteiger partial charge is 0.364 e. The van der Waals surface area contributed by atoms with Crippen LogP contribution in [-0.2, 0) is 9.59 Å². The highest BCUT2D eigenvalue weighted by atomic mass is 32.1. The Morgan fingerprint density at radius 1 is 1.32 bits per heavy atom. The summed E-state index contributed by atoms with van der Waals surface area (Å²) >= 11 is 4.85. The molecule has 0 spiro atoms. The molecule has 1 amide bonds. The third kappa shape index (κ3) is 7.91. The number of hydrogen-bond acceptors (Lipinski definition) is 4. The second kappa shape index (κ2) is 11.2. The van der Waals surface area contributed by atoms with Crippen molar-refractivity contribution in [2.75, 3.05) is 14.1 Å². The van der Waals surface area contributed by atoms with Crippen molar-refractivity contribution in [2.24, 2.45) is 0 Å². The molecule has 0 bridgehead atoms. The van der Waals surface area contributed by atoms with Crippen LogP contribution in [0.5, 0.6) is 0 Å². The first-order valence-electron chi connectivity index (χ1n) is 6.36. The van der Waals surface area contributed by atoms with Gasteiger partial charge in [0.2, 0.25) is 11.7 Å². The molecule has 2 N–H and O–H groups in total. The van der Waals surface area contributed by atoms with E-state index in [1.54, 1.807) is 44.4 Å². The third-order valence-corrected chi connectivity index (χ3v) is 2.78. The maximum atomic E-state index is 11.0. The lowest BCUT2D eigenvalue weighted by Crippen LogP contribution is -2.46. The normalized spacial score (nSPS) is 8.64. The molecule has 1 aromatic carbocycles. The van der Waals surface area contributed by atoms with Crippen molar-refractivity contribution in [3.8, 4) is 0 Å². The number of nitrogens with one attached hydrogen (secondary N) is 2. The Morgan fingerprint density at radius 2 is 1.91 bits per heavy atom. The highest BCUT2D eigenvalue weighted by Gasteiger charge is 2.04. The van der Waals surface area contributed by atoms with E-state index in [-0.39, 0.29) is 12.3 Å². The van der Waals surface area contributed by atoms with Crippen molar-refractivity contribution >= 4 is 35.3 Å². The zero-order valence-electron chi connectivity index (χ0n) is 12.5. The molecule has 0 unspecified atom stereocenters. The number of aldehydes is 1. The Bertz CT molecular complexity index is 532. The van der Waals surface area contributed by atoms with Crippen molar-refractivity contribution in [1.29, 1.82) is 0 Å². The van der Waals surface area contributed by atoms with Crippen molar-refractivity contribution < 1.29 is 14.4 Å². The van der Waals surface area contributed by atoms with Crippen LogP contribution in [0, 0.1) is 0 Å². The summed E-state index contributed by atoms with van der Waals surface area (Å²) in [6.45, 7) is 3.45. The van der Waals surface area contributed by atoms with E-state index in [1.165, 1.54) is 11.1 Å². The first-order chi connectivity index (χ1) is 10.5. The standard InChI is InChI=1S/C8H6O2.C7H13N3OS/c9-6-8(10)7-4-2-1-3-5-7;1-4-5-6(11)9-10(3)7(12)8-2/h1-6H;4H,1,5H2,2-3H3,(H,8,12)(H,9,11). The van der Waals surface area contributed by atoms with Gasteiger partial charge in [-0.2, -0.15) is 0 Å². The monoisotopic (exact) mass is 321 g/mol. The van der Waals surface area contributed by atoms with E-state index < -0.39 is 5.78 Å². The van der Waals surface area contributed by atoms with E-state index >= 15 is 0 Å². The number of benzene rings is 1. The van der Waals surface area contributed by atoms with Gasteiger partial charge in [0.05, 0.1) is 0 Å². The number of rotatable bonds is 4. The van der Waals surface area contributed by atoms with Gasteiger partial charge in [0, 0.05) is 26.1 Å². The van der Waals surface area contributed by atoms with Gasteiger partial charge < -0.3 is 5.32 Å². The van der Waals surface area contributed by atoms with Gasteiger partial charge in [0.15, 0.2) is 11.4 Å². The van der Waals surface area contributed by atoms with E-state index in [1.807, 2.05) is 0 Å². The van der Waals surface area contributed by atoms with Gasteiger partial charge in [-0.25, -0.2) is 0 Å². The van der Waals surface area contributed by atoms with E-state index in [2.05, 4.69) is 17.3 Å². The van der Waals surface area contributed by atoms with Crippen LogP contribution in [0.3, 0.4) is 0 Å². The Hall–Kier alpha value is -2.54. The van der Waals surface area contributed by atoms with E-state index in [0.717, 1.165) is 0 Å². The lowest BCUT2D eigenvalue weighted by Gasteiger charge is -2.19. The molecule has 0 aliphatic heterocycles. The molecule has 0 saturated heterocycles. The van der Waals surface area contributed by atoms with E-state index in [9.17, 15) is 14.4 Å². The topological polar surface area (TPSA) is 78.5 Å². The number of hydrogen-bond donors (Lipinski definition) is 2. The van der Waals surface area contributed by atoms with Crippen LogP contribution in [0.1, 0.15) is 16.8 Å². The number of amides is 1. The Balaban J connectivity index is 0.000000406. The number of thiocarbonyl (C=S) groups is 1. The van der Waals surface area contributed by atoms with Gasteiger partial charge in [0.1, 0.15) is 0 Å². The number of carbonyl (C=O) groups is 3. The summed E-state index contributed by atoms with van der Waals surface area (Å²) < 4.78 is 0. The SMILES string of the molecule is C=CCC(=O)NN(C)C(=S)NC.O=CC(=O)c1ccccc1. The molecular weight excluding hydrogens is 302 g/mol. The lowest BCUT2D eigenvalue weighted by atomic mass is 10.1. The summed E-state index contributed by atoms with van der Waals surface area (Å²) in [4.78, 5) is 31.6. The third-order valence-electron chi connectivity index (χ3n) is 2.31. The van der Waals surface area contributed by atoms with Crippen LogP contribution in [0.15, 0.2) is 43.0 Å². The summed E-state index contributed by atoms with van der Waals surface area (Å²) in [6, 6.07) is 8.45. The Kier molecular flexibility index (Phi) is 9.87. The maximum Gasteiger partial charge on any atom is 0.242 e. The molecule has 0 atom stereocenters. The Morgan fingerprint density at radius 3 is 2.36 bits per heavy atom. The summed E-state index contributed by atoms with van der Waals surface area (Å²) in [5, 5.41) is 4.64. The molecule has 0 heterocycles. The fraction of sp³-hybridized carbons (Fsp3) is 0.200. The molecule has 6 nitrogen and oxygen atoms in total. The van der Waals surface area contributed by atoms with E-state index in [0.29, 0.717) is 17.0 Å². The predicted octanol–water partition coefficient (Wildman–Crippen LogP) is 1.10. The van der Waals surface area contributed by atoms with Crippen molar-refractivity contribution in [3.63, 3.8) is 0 Å². The molecule has 1 rings (SSSR count). The number of carbonyl (C=O) groups excluding carboxylic acids is 3. The number of hydrazine groups is 1. The lowest BCUT2D eigenvalue weighted by molar-refractivity contribution is -0.123. The first-order valence-corrected chi connectivity index (χ1v) is 6.77. The minimum Gasteiger partial charge on any atom is -0.364 e. The predicted molar refractivity (Wildman–Crippen MR) is 89.2 cm³/mol. The molecule has 0 radical (unpaired) electrons. The average molecular weight is 321 g/mol. The summed E-state index contributed by atoms with van der Waals surface area (Å²) in [5.74, 6) is -0.606. The van der Waals surface area contributed by atoms with Gasteiger partial charge in [-0.3, -0.25) is 24.8 Å². The zero-order chi connectivity index (χ0) is 17.0. The van der Waals surface area contributed by atoms with Gasteiger partial charge >= 0.3 is 0 Å². The van der Waals surface area contributed by atoms with E-state index in [4.69, 9.17) is 12.2 Å².